The van der Waals surface area contributed by atoms with E-state index < -0.39 is 11.4 Å². The average Bonchev–Trinajstić information content (AvgIpc) is 3.62. The molecule has 9 nitrogen and oxygen atoms in total. The van der Waals surface area contributed by atoms with Gasteiger partial charge in [-0.3, -0.25) is 14.6 Å². The zero-order valence-electron chi connectivity index (χ0n) is 23.9. The van der Waals surface area contributed by atoms with Crippen LogP contribution in [0.4, 0.5) is 15.8 Å². The molecule has 7 rings (SSSR count). The molecule has 0 spiro atoms. The third-order valence-corrected chi connectivity index (χ3v) is 8.12. The van der Waals surface area contributed by atoms with Crippen LogP contribution in [0.5, 0.6) is 5.75 Å². The molecule has 3 aliphatic heterocycles. The molecule has 3 fully saturated rings. The lowest BCUT2D eigenvalue weighted by Gasteiger charge is -2.37. The summed E-state index contributed by atoms with van der Waals surface area (Å²) in [5.74, 6) is 6.53. The molecule has 1 saturated carbocycles. The van der Waals surface area contributed by atoms with Gasteiger partial charge in [0.1, 0.15) is 5.54 Å². The van der Waals surface area contributed by atoms with E-state index in [4.69, 9.17) is 4.74 Å². The number of rotatable bonds is 7. The Kier molecular flexibility index (Phi) is 7.21. The molecular formula is C32H33FN6O3. The van der Waals surface area contributed by atoms with Crippen LogP contribution in [0.1, 0.15) is 34.5 Å². The van der Waals surface area contributed by atoms with Crippen molar-refractivity contribution in [3.63, 3.8) is 0 Å². The Morgan fingerprint density at radius 3 is 2.95 bits per heavy atom. The molecule has 5 heterocycles. The number of anilines is 2. The van der Waals surface area contributed by atoms with Gasteiger partial charge >= 0.3 is 0 Å². The molecule has 10 heteroatoms. The van der Waals surface area contributed by atoms with Crippen LogP contribution in [-0.2, 0) is 11.2 Å². The van der Waals surface area contributed by atoms with Crippen LogP contribution in [0.25, 0.3) is 11.3 Å². The molecule has 2 aromatic heterocycles. The van der Waals surface area contributed by atoms with Crippen LogP contribution in [0.2, 0.25) is 0 Å². The third kappa shape index (κ3) is 4.90. The molecule has 3 aromatic rings. The monoisotopic (exact) mass is 568 g/mol. The first-order valence-corrected chi connectivity index (χ1v) is 14.0. The van der Waals surface area contributed by atoms with Gasteiger partial charge in [0.25, 0.3) is 5.91 Å². The fourth-order valence-corrected chi connectivity index (χ4v) is 6.15. The Morgan fingerprint density at radius 2 is 2.17 bits per heavy atom. The summed E-state index contributed by atoms with van der Waals surface area (Å²) in [6.07, 6.45) is 9.21. The zero-order valence-corrected chi connectivity index (χ0v) is 23.9. The minimum Gasteiger partial charge on any atom is -0.492 e. The maximum absolute atomic E-state index is 14.6. The number of hydrogen-bond acceptors (Lipinski definition) is 6. The molecule has 0 atom stereocenters. The van der Waals surface area contributed by atoms with Crippen LogP contribution in [0.3, 0.4) is 0 Å². The fourth-order valence-electron chi connectivity index (χ4n) is 6.15. The van der Waals surface area contributed by atoms with Crippen LogP contribution in [0.15, 0.2) is 48.8 Å². The van der Waals surface area contributed by atoms with E-state index in [0.717, 1.165) is 24.1 Å². The summed E-state index contributed by atoms with van der Waals surface area (Å²) in [6.45, 7) is 1.91. The number of carbonyl (C=O) groups is 2. The second-order valence-corrected chi connectivity index (χ2v) is 11.3. The van der Waals surface area contributed by atoms with Crippen LogP contribution in [-0.4, -0.2) is 78.0 Å². The molecule has 0 radical (unpaired) electrons. The number of nitrogens with one attached hydrogen (secondary N) is 3. The number of carbonyl (C=O) groups excluding carboxylic acids is 2. The van der Waals surface area contributed by atoms with Gasteiger partial charge in [0, 0.05) is 55.8 Å². The van der Waals surface area contributed by atoms with Gasteiger partial charge in [0.05, 0.1) is 35.3 Å². The second kappa shape index (κ2) is 11.0. The number of benzene rings is 1. The van der Waals surface area contributed by atoms with E-state index >= 15 is 0 Å². The van der Waals surface area contributed by atoms with Gasteiger partial charge < -0.3 is 30.2 Å². The summed E-state index contributed by atoms with van der Waals surface area (Å²) in [7, 11) is 5.32. The number of aromatic nitrogens is 2. The topological polar surface area (TPSA) is 103 Å². The van der Waals surface area contributed by atoms with Gasteiger partial charge in [0.2, 0.25) is 5.91 Å². The number of pyridine rings is 1. The Balaban J connectivity index is 1.39. The van der Waals surface area contributed by atoms with E-state index in [1.807, 2.05) is 36.0 Å². The number of nitrogens with zero attached hydrogens (tertiary/aromatic N) is 3. The van der Waals surface area contributed by atoms with Gasteiger partial charge in [-0.15, -0.1) is 0 Å². The second-order valence-electron chi connectivity index (χ2n) is 11.3. The third-order valence-electron chi connectivity index (χ3n) is 8.12. The first kappa shape index (κ1) is 27.5. The van der Waals surface area contributed by atoms with Crippen molar-refractivity contribution in [3.8, 4) is 28.8 Å². The highest BCUT2D eigenvalue weighted by Gasteiger charge is 2.56. The number of fused-ring (bicyclic) bond motifs is 2. The van der Waals surface area contributed by atoms with Gasteiger partial charge in [-0.25, -0.2) is 4.39 Å². The number of H-pyrrole nitrogens is 1. The van der Waals surface area contributed by atoms with Crippen LogP contribution >= 0.6 is 0 Å². The Morgan fingerprint density at radius 1 is 1.33 bits per heavy atom. The van der Waals surface area contributed by atoms with Crippen molar-refractivity contribution >= 4 is 23.2 Å². The van der Waals surface area contributed by atoms with E-state index in [9.17, 15) is 14.0 Å². The minimum atomic E-state index is -0.515. The first-order valence-electron chi connectivity index (χ1n) is 14.0. The molecule has 216 valence electrons. The molecular weight excluding hydrogens is 535 g/mol. The molecule has 3 N–H and O–H groups in total. The lowest BCUT2D eigenvalue weighted by atomic mass is 9.73. The Bertz CT molecular complexity index is 1640. The van der Waals surface area contributed by atoms with Gasteiger partial charge in [0.15, 0.2) is 11.6 Å². The van der Waals surface area contributed by atoms with Crippen molar-refractivity contribution in [3.05, 3.63) is 71.4 Å². The highest BCUT2D eigenvalue weighted by molar-refractivity contribution is 6.06. The van der Waals surface area contributed by atoms with E-state index in [-0.39, 0.29) is 17.6 Å². The highest BCUT2D eigenvalue weighted by atomic mass is 19.1. The highest BCUT2D eigenvalue weighted by Crippen LogP contribution is 2.50. The zero-order chi connectivity index (χ0) is 29.4. The number of para-hydroxylation sites is 1. The number of likely N-dealkylation sites (N-methyl/N-ethyl adjacent to an activating group) is 1. The smallest absolute Gasteiger partial charge is 0.255 e. The maximum Gasteiger partial charge on any atom is 0.255 e. The lowest BCUT2D eigenvalue weighted by Crippen LogP contribution is -2.46. The minimum absolute atomic E-state index is 0.0175. The quantitative estimate of drug-likeness (QED) is 0.297. The van der Waals surface area contributed by atoms with Crippen molar-refractivity contribution in [1.82, 2.24) is 25.1 Å². The molecule has 4 aliphatic rings. The number of halogens is 1. The van der Waals surface area contributed by atoms with Crippen molar-refractivity contribution in [2.24, 2.45) is 5.92 Å². The van der Waals surface area contributed by atoms with E-state index in [1.165, 1.54) is 13.2 Å². The Labute approximate surface area is 244 Å². The van der Waals surface area contributed by atoms with Gasteiger partial charge in [-0.05, 0) is 51.1 Å². The number of amides is 2. The fraction of sp³-hybridized carbons (Fsp3) is 0.344. The van der Waals surface area contributed by atoms with E-state index in [1.54, 1.807) is 30.6 Å². The molecule has 0 unspecified atom stereocenters. The van der Waals surface area contributed by atoms with Crippen molar-refractivity contribution in [2.45, 2.75) is 24.8 Å². The summed E-state index contributed by atoms with van der Waals surface area (Å²) in [5, 5.41) is 6.17. The molecule has 1 aromatic carbocycles. The predicted molar refractivity (Wildman–Crippen MR) is 158 cm³/mol. The lowest BCUT2D eigenvalue weighted by molar-refractivity contribution is -0.127. The number of hydrogen-bond donors (Lipinski definition) is 3. The SMILES string of the molecule is COc1c(F)cccc1Nc1c(-c2ccncc2C#CC23CC(CN2C(=O)/C=C/CN(C)C)C3)[nH]c2c1C(=O)NCC2. The standard InChI is InChI=1S/C32H33FN6O3/c1-38(2)15-5-8-26(40)39-19-20-16-32(39,17-20)12-9-21-18-34-13-10-22(21)28-29(27-24(36-28)11-14-35-31(27)41)37-25-7-4-6-23(33)30(25)42-3/h4-8,10,13,18,20,36-37H,11,14-17,19H2,1-3H3,(H,35,41)/b8-5+. The first-order chi connectivity index (χ1) is 20.3. The number of methoxy groups -OCH3 is 1. The number of ether oxygens (including phenoxy) is 1. The number of aromatic amines is 1. The average molecular weight is 569 g/mol. The summed E-state index contributed by atoms with van der Waals surface area (Å²) in [5.41, 5.74) is 3.69. The van der Waals surface area contributed by atoms with E-state index in [2.05, 4.69) is 32.4 Å². The van der Waals surface area contributed by atoms with Crippen molar-refractivity contribution in [2.75, 3.05) is 46.2 Å². The molecule has 2 bridgehead atoms. The summed E-state index contributed by atoms with van der Waals surface area (Å²) in [6, 6.07) is 6.44. The van der Waals surface area contributed by atoms with Crippen LogP contribution < -0.4 is 15.4 Å². The summed E-state index contributed by atoms with van der Waals surface area (Å²) >= 11 is 0. The maximum atomic E-state index is 14.6. The van der Waals surface area contributed by atoms with Crippen LogP contribution in [0, 0.1) is 23.6 Å². The molecule has 2 amide bonds. The normalized spacial score (nSPS) is 20.5. The molecule has 1 aliphatic carbocycles. The molecule has 42 heavy (non-hydrogen) atoms. The largest absolute Gasteiger partial charge is 0.492 e. The summed E-state index contributed by atoms with van der Waals surface area (Å²) in [4.78, 5) is 37.8. The van der Waals surface area contributed by atoms with Crippen molar-refractivity contribution < 1.29 is 18.7 Å². The van der Waals surface area contributed by atoms with Gasteiger partial charge in [-0.2, -0.15) is 0 Å². The van der Waals surface area contributed by atoms with Gasteiger partial charge in [-0.1, -0.05) is 24.0 Å². The van der Waals surface area contributed by atoms with E-state index in [0.29, 0.717) is 60.2 Å². The van der Waals surface area contributed by atoms with Crippen molar-refractivity contribution in [1.29, 1.82) is 0 Å². The Hall–Kier alpha value is -4.62. The summed E-state index contributed by atoms with van der Waals surface area (Å²) < 4.78 is 19.9. The predicted octanol–water partition coefficient (Wildman–Crippen LogP) is 3.71. The molecule has 2 saturated heterocycles.